The van der Waals surface area contributed by atoms with Gasteiger partial charge in [0.1, 0.15) is 11.4 Å². The smallest absolute Gasteiger partial charge is 0.316 e. The van der Waals surface area contributed by atoms with Gasteiger partial charge in [-0.1, -0.05) is 12.5 Å². The minimum atomic E-state index is -0.609. The van der Waals surface area contributed by atoms with E-state index in [1.54, 1.807) is 18.3 Å². The summed E-state index contributed by atoms with van der Waals surface area (Å²) in [5.41, 5.74) is 0.855. The fourth-order valence-corrected chi connectivity index (χ4v) is 5.52. The number of nitrogens with zero attached hydrogens (tertiary/aromatic N) is 6. The van der Waals surface area contributed by atoms with Crippen LogP contribution in [0.25, 0.3) is 22.6 Å². The van der Waals surface area contributed by atoms with Gasteiger partial charge in [-0.05, 0) is 50.7 Å². The summed E-state index contributed by atoms with van der Waals surface area (Å²) in [7, 11) is 1.41. The SMILES string of the molecule is COc1ncc(F)c(-c2ccc(-c3ncc(N(C4CC4)[C@@H]4C[C@H]5CCC[C@@H](C4)N5)nn3)c(O)c2)n1. The number of methoxy groups -OCH3 is 1. The van der Waals surface area contributed by atoms with Crippen LogP contribution in [-0.2, 0) is 0 Å². The highest BCUT2D eigenvalue weighted by Gasteiger charge is 2.40. The van der Waals surface area contributed by atoms with E-state index in [4.69, 9.17) is 4.74 Å². The second-order valence-corrected chi connectivity index (χ2v) is 9.68. The summed E-state index contributed by atoms with van der Waals surface area (Å²) >= 11 is 0. The van der Waals surface area contributed by atoms with Crippen LogP contribution in [0.15, 0.2) is 30.6 Å². The molecule has 0 unspecified atom stereocenters. The maximum Gasteiger partial charge on any atom is 0.316 e. The summed E-state index contributed by atoms with van der Waals surface area (Å²) in [4.78, 5) is 14.8. The molecule has 3 aromatic rings. The highest BCUT2D eigenvalue weighted by molar-refractivity contribution is 5.71. The zero-order valence-corrected chi connectivity index (χ0v) is 19.6. The van der Waals surface area contributed by atoms with Crippen LogP contribution in [0, 0.1) is 5.82 Å². The van der Waals surface area contributed by atoms with Crippen LogP contribution >= 0.6 is 0 Å². The molecule has 182 valence electrons. The highest BCUT2D eigenvalue weighted by atomic mass is 19.1. The summed E-state index contributed by atoms with van der Waals surface area (Å²) in [6.45, 7) is 0. The van der Waals surface area contributed by atoms with Crippen molar-refractivity contribution in [1.82, 2.24) is 30.5 Å². The molecular formula is C25H28FN7O2. The van der Waals surface area contributed by atoms with Gasteiger partial charge in [0.25, 0.3) is 0 Å². The molecule has 0 radical (unpaired) electrons. The molecule has 2 aliphatic heterocycles. The van der Waals surface area contributed by atoms with Gasteiger partial charge in [-0.3, -0.25) is 0 Å². The molecule has 3 atom stereocenters. The Labute approximate surface area is 202 Å². The second-order valence-electron chi connectivity index (χ2n) is 9.68. The van der Waals surface area contributed by atoms with Crippen molar-refractivity contribution in [1.29, 1.82) is 0 Å². The normalized spacial score (nSPS) is 23.7. The van der Waals surface area contributed by atoms with E-state index >= 15 is 0 Å². The molecule has 2 bridgehead atoms. The first-order valence-electron chi connectivity index (χ1n) is 12.2. The van der Waals surface area contributed by atoms with E-state index in [2.05, 4.69) is 35.4 Å². The summed E-state index contributed by atoms with van der Waals surface area (Å²) in [5, 5.41) is 23.3. The van der Waals surface area contributed by atoms with Crippen LogP contribution in [0.5, 0.6) is 11.8 Å². The van der Waals surface area contributed by atoms with Gasteiger partial charge >= 0.3 is 6.01 Å². The minimum Gasteiger partial charge on any atom is -0.507 e. The van der Waals surface area contributed by atoms with E-state index in [9.17, 15) is 9.50 Å². The van der Waals surface area contributed by atoms with E-state index < -0.39 is 5.82 Å². The average Bonchev–Trinajstić information content (AvgIpc) is 3.70. The molecule has 1 aromatic carbocycles. The predicted octanol–water partition coefficient (Wildman–Crippen LogP) is 3.49. The van der Waals surface area contributed by atoms with E-state index in [-0.39, 0.29) is 17.5 Å². The van der Waals surface area contributed by atoms with Crippen molar-refractivity contribution in [2.24, 2.45) is 0 Å². The fourth-order valence-electron chi connectivity index (χ4n) is 5.52. The largest absolute Gasteiger partial charge is 0.507 e. The van der Waals surface area contributed by atoms with Crippen LogP contribution in [0.3, 0.4) is 0 Å². The molecule has 2 N–H and O–H groups in total. The van der Waals surface area contributed by atoms with Gasteiger partial charge in [0.05, 0.1) is 25.1 Å². The van der Waals surface area contributed by atoms with E-state index in [1.165, 1.54) is 45.3 Å². The minimum absolute atomic E-state index is 0.0416. The molecule has 4 heterocycles. The maximum atomic E-state index is 14.3. The topological polar surface area (TPSA) is 109 Å². The van der Waals surface area contributed by atoms with Gasteiger partial charge in [0.2, 0.25) is 0 Å². The van der Waals surface area contributed by atoms with Gasteiger partial charge in [-0.2, -0.15) is 4.98 Å². The Hall–Kier alpha value is -3.40. The van der Waals surface area contributed by atoms with E-state index in [1.807, 2.05) is 0 Å². The Balaban J connectivity index is 1.25. The number of aromatic hydroxyl groups is 1. The number of aromatic nitrogens is 5. The Morgan fingerprint density at radius 3 is 2.49 bits per heavy atom. The van der Waals surface area contributed by atoms with Gasteiger partial charge in [-0.25, -0.2) is 14.4 Å². The third-order valence-electron chi connectivity index (χ3n) is 7.25. The van der Waals surface area contributed by atoms with Crippen LogP contribution in [0.1, 0.15) is 44.9 Å². The number of piperidine rings is 2. The lowest BCUT2D eigenvalue weighted by atomic mass is 9.83. The van der Waals surface area contributed by atoms with Crippen molar-refractivity contribution in [3.8, 4) is 34.4 Å². The summed E-state index contributed by atoms with van der Waals surface area (Å²) < 4.78 is 19.2. The van der Waals surface area contributed by atoms with Crippen molar-refractivity contribution in [2.75, 3.05) is 12.0 Å². The number of fused-ring (bicyclic) bond motifs is 2. The average molecular weight is 478 g/mol. The molecule has 0 amide bonds. The predicted molar refractivity (Wildman–Crippen MR) is 128 cm³/mol. The highest BCUT2D eigenvalue weighted by Crippen LogP contribution is 2.38. The number of hydrogen-bond acceptors (Lipinski definition) is 9. The zero-order valence-electron chi connectivity index (χ0n) is 19.6. The van der Waals surface area contributed by atoms with E-state index in [0.29, 0.717) is 41.1 Å². The molecule has 3 fully saturated rings. The van der Waals surface area contributed by atoms with E-state index in [0.717, 1.165) is 24.9 Å². The number of nitrogens with one attached hydrogen (secondary N) is 1. The lowest BCUT2D eigenvalue weighted by Crippen LogP contribution is -2.55. The van der Waals surface area contributed by atoms with Gasteiger partial charge in [0.15, 0.2) is 17.5 Å². The van der Waals surface area contributed by atoms with Crippen molar-refractivity contribution < 1.29 is 14.2 Å². The van der Waals surface area contributed by atoms with Crippen molar-refractivity contribution in [3.05, 3.63) is 36.4 Å². The van der Waals surface area contributed by atoms with Gasteiger partial charge < -0.3 is 20.1 Å². The molecule has 3 aliphatic rings. The molecule has 2 aromatic heterocycles. The lowest BCUT2D eigenvalue weighted by Gasteiger charge is -2.45. The zero-order chi connectivity index (χ0) is 23.9. The lowest BCUT2D eigenvalue weighted by molar-refractivity contribution is 0.215. The first-order valence-corrected chi connectivity index (χ1v) is 12.2. The number of hydrogen-bond donors (Lipinski definition) is 2. The fraction of sp³-hybridized carbons (Fsp3) is 0.480. The number of anilines is 1. The molecule has 10 heteroatoms. The van der Waals surface area contributed by atoms with Crippen LogP contribution in [-0.4, -0.2) is 61.5 Å². The third-order valence-corrected chi connectivity index (χ3v) is 7.25. The maximum absolute atomic E-state index is 14.3. The molecule has 9 nitrogen and oxygen atoms in total. The van der Waals surface area contributed by atoms with Crippen LogP contribution in [0.4, 0.5) is 10.2 Å². The Morgan fingerprint density at radius 2 is 1.83 bits per heavy atom. The third kappa shape index (κ3) is 4.38. The number of ether oxygens (including phenoxy) is 1. The summed E-state index contributed by atoms with van der Waals surface area (Å²) in [6, 6.07) is 6.91. The molecule has 35 heavy (non-hydrogen) atoms. The van der Waals surface area contributed by atoms with Crippen molar-refractivity contribution in [3.63, 3.8) is 0 Å². The van der Waals surface area contributed by atoms with Crippen molar-refractivity contribution >= 4 is 5.82 Å². The quantitative estimate of drug-likeness (QED) is 0.551. The number of halogens is 1. The second kappa shape index (κ2) is 8.99. The molecular weight excluding hydrogens is 449 g/mol. The Kier molecular flexibility index (Phi) is 5.68. The monoisotopic (exact) mass is 477 g/mol. The summed E-state index contributed by atoms with van der Waals surface area (Å²) in [5.74, 6) is 0.422. The van der Waals surface area contributed by atoms with Gasteiger partial charge in [-0.15, -0.1) is 10.2 Å². The number of phenols is 1. The number of rotatable bonds is 6. The van der Waals surface area contributed by atoms with Gasteiger partial charge in [0, 0.05) is 29.7 Å². The first-order chi connectivity index (χ1) is 17.1. The summed E-state index contributed by atoms with van der Waals surface area (Å²) in [6.07, 6.45) is 11.2. The molecule has 2 saturated heterocycles. The van der Waals surface area contributed by atoms with Crippen molar-refractivity contribution in [2.45, 2.75) is 69.1 Å². The Morgan fingerprint density at radius 1 is 1.03 bits per heavy atom. The number of phenolic OH excluding ortho intramolecular Hbond substituents is 1. The van der Waals surface area contributed by atoms with Crippen LogP contribution in [0.2, 0.25) is 0 Å². The first kappa shape index (κ1) is 22.1. The molecule has 1 saturated carbocycles. The molecule has 1 aliphatic carbocycles. The number of benzene rings is 1. The Bertz CT molecular complexity index is 1210. The molecule has 6 rings (SSSR count). The standard InChI is InChI=1S/C25H28FN7O2/c1-35-25-28-12-20(26)23(30-25)14-5-8-19(21(34)9-14)24-27-13-22(31-32-24)33(17-6-7-17)18-10-15-3-2-4-16(11-18)29-15/h5,8-9,12-13,15-18,29,34H,2-4,6-7,10-11H2,1H3/t15-,16+,18-. The molecule has 0 spiro atoms. The van der Waals surface area contributed by atoms with Crippen LogP contribution < -0.4 is 15.0 Å².